The van der Waals surface area contributed by atoms with Crippen LogP contribution in [0.4, 0.5) is 36.4 Å². The molecule has 0 unspecified atom stereocenters. The predicted molar refractivity (Wildman–Crippen MR) is 62.2 cm³/mol. The highest BCUT2D eigenvalue weighted by atomic mass is 19.4. The van der Waals surface area contributed by atoms with Crippen LogP contribution in [0.3, 0.4) is 0 Å². The number of ether oxygens (including phenoxy) is 1. The van der Waals surface area contributed by atoms with Gasteiger partial charge in [0.2, 0.25) is 5.82 Å². The van der Waals surface area contributed by atoms with Gasteiger partial charge in [0, 0.05) is 0 Å². The number of nitrogen functional groups attached to an aromatic ring is 1. The van der Waals surface area contributed by atoms with Crippen molar-refractivity contribution < 1.29 is 35.5 Å². The number of nitrogens with two attached hydrogens (primary N) is 1. The Morgan fingerprint density at radius 3 is 1.86 bits per heavy atom. The topological polar surface area (TPSA) is 35.2 Å². The van der Waals surface area contributed by atoms with Gasteiger partial charge in [0.25, 0.3) is 0 Å². The van der Waals surface area contributed by atoms with Crippen molar-refractivity contribution in [2.24, 2.45) is 0 Å². The van der Waals surface area contributed by atoms with Gasteiger partial charge in [0.1, 0.15) is 0 Å². The first kappa shape index (κ1) is 15.9. The van der Waals surface area contributed by atoms with Gasteiger partial charge in [-0.05, 0) is 24.3 Å². The van der Waals surface area contributed by atoms with Gasteiger partial charge in [-0.3, -0.25) is 0 Å². The van der Waals surface area contributed by atoms with E-state index >= 15 is 0 Å². The van der Waals surface area contributed by atoms with Gasteiger partial charge in [-0.2, -0.15) is 17.6 Å². The lowest BCUT2D eigenvalue weighted by Gasteiger charge is -2.13. The second-order valence-corrected chi connectivity index (χ2v) is 4.15. The average Bonchev–Trinajstić information content (AvgIpc) is 2.40. The zero-order chi connectivity index (χ0) is 16.7. The third-order valence-electron chi connectivity index (χ3n) is 2.61. The summed E-state index contributed by atoms with van der Waals surface area (Å²) in [5.74, 6) is -8.87. The van der Waals surface area contributed by atoms with Crippen LogP contribution in [0, 0.1) is 23.3 Å². The van der Waals surface area contributed by atoms with Gasteiger partial charge in [-0.25, -0.2) is 13.2 Å². The molecular weight excluding hydrogens is 319 g/mol. The predicted octanol–water partition coefficient (Wildman–Crippen LogP) is 4.64. The molecule has 0 saturated carbocycles. The van der Waals surface area contributed by atoms with Crippen molar-refractivity contribution in [2.75, 3.05) is 5.73 Å². The highest BCUT2D eigenvalue weighted by molar-refractivity contribution is 5.55. The zero-order valence-corrected chi connectivity index (χ0v) is 10.4. The van der Waals surface area contributed by atoms with E-state index in [0.29, 0.717) is 6.07 Å². The molecule has 0 heterocycles. The first-order chi connectivity index (χ1) is 10.1. The third kappa shape index (κ3) is 2.92. The van der Waals surface area contributed by atoms with E-state index in [1.165, 1.54) is 0 Å². The third-order valence-corrected chi connectivity index (χ3v) is 2.61. The largest absolute Gasteiger partial charge is 0.446 e. The average molecular weight is 325 g/mol. The van der Waals surface area contributed by atoms with E-state index in [1.54, 1.807) is 0 Å². The molecule has 0 aliphatic rings. The smallest absolute Gasteiger partial charge is 0.416 e. The molecule has 0 spiro atoms. The molecule has 2 aromatic carbocycles. The Morgan fingerprint density at radius 1 is 0.818 bits per heavy atom. The van der Waals surface area contributed by atoms with Gasteiger partial charge in [-0.15, -0.1) is 0 Å². The highest BCUT2D eigenvalue weighted by Gasteiger charge is 2.33. The lowest BCUT2D eigenvalue weighted by atomic mass is 10.2. The van der Waals surface area contributed by atoms with Gasteiger partial charge in [0.15, 0.2) is 29.0 Å². The van der Waals surface area contributed by atoms with Crippen LogP contribution in [0.2, 0.25) is 0 Å². The first-order valence-electron chi connectivity index (χ1n) is 5.59. The van der Waals surface area contributed by atoms with Crippen LogP contribution in [-0.4, -0.2) is 0 Å². The van der Waals surface area contributed by atoms with Crippen molar-refractivity contribution >= 4 is 5.69 Å². The minimum Gasteiger partial charge on any atom is -0.446 e. The summed E-state index contributed by atoms with van der Waals surface area (Å²) in [4.78, 5) is 0. The quantitative estimate of drug-likeness (QED) is 0.645. The number of halogens is 7. The van der Waals surface area contributed by atoms with Crippen LogP contribution in [0.1, 0.15) is 5.56 Å². The molecule has 2 aromatic rings. The SMILES string of the molecule is Nc1ccc(F)c(F)c1Oc1c(F)cc(C(F)(F)F)cc1F. The van der Waals surface area contributed by atoms with Crippen LogP contribution >= 0.6 is 0 Å². The maximum Gasteiger partial charge on any atom is 0.416 e. The summed E-state index contributed by atoms with van der Waals surface area (Å²) < 4.78 is 95.3. The number of benzene rings is 2. The molecule has 0 radical (unpaired) electrons. The van der Waals surface area contributed by atoms with Gasteiger partial charge >= 0.3 is 6.18 Å². The molecule has 2 nitrogen and oxygen atoms in total. The molecule has 2 rings (SSSR count). The standard InChI is InChI=1S/C13H6F7NO/c14-6-1-2-9(21)12(10(6)17)22-11-7(15)3-5(4-8(11)16)13(18,19)20/h1-4H,21H2. The number of alkyl halides is 3. The summed E-state index contributed by atoms with van der Waals surface area (Å²) in [5.41, 5.74) is 3.20. The van der Waals surface area contributed by atoms with Crippen LogP contribution in [0.15, 0.2) is 24.3 Å². The molecule has 0 bridgehead atoms. The Labute approximate surface area is 118 Å². The van der Waals surface area contributed by atoms with E-state index in [4.69, 9.17) is 5.73 Å². The second kappa shape index (κ2) is 5.39. The fourth-order valence-corrected chi connectivity index (χ4v) is 1.57. The number of anilines is 1. The van der Waals surface area contributed by atoms with Crippen LogP contribution in [0.5, 0.6) is 11.5 Å². The fraction of sp³-hybridized carbons (Fsp3) is 0.0769. The van der Waals surface area contributed by atoms with E-state index in [2.05, 4.69) is 4.74 Å². The van der Waals surface area contributed by atoms with Crippen LogP contribution in [0.25, 0.3) is 0 Å². The van der Waals surface area contributed by atoms with E-state index in [0.717, 1.165) is 6.07 Å². The summed E-state index contributed by atoms with van der Waals surface area (Å²) in [6.45, 7) is 0. The number of rotatable bonds is 2. The minimum atomic E-state index is -4.98. The molecular formula is C13H6F7NO. The van der Waals surface area contributed by atoms with Crippen LogP contribution < -0.4 is 10.5 Å². The van der Waals surface area contributed by atoms with Gasteiger partial charge in [0.05, 0.1) is 11.3 Å². The number of hydrogen-bond acceptors (Lipinski definition) is 2. The molecule has 0 fully saturated rings. The Morgan fingerprint density at radius 2 is 1.36 bits per heavy atom. The summed E-state index contributed by atoms with van der Waals surface area (Å²) in [6.07, 6.45) is -4.98. The van der Waals surface area contributed by atoms with Crippen LogP contribution in [-0.2, 0) is 6.18 Å². The molecule has 2 N–H and O–H groups in total. The van der Waals surface area contributed by atoms with Crippen molar-refractivity contribution in [2.45, 2.75) is 6.18 Å². The zero-order valence-electron chi connectivity index (χ0n) is 10.4. The van der Waals surface area contributed by atoms with Crippen molar-refractivity contribution in [3.8, 4) is 11.5 Å². The Kier molecular flexibility index (Phi) is 3.90. The summed E-state index contributed by atoms with van der Waals surface area (Å²) >= 11 is 0. The van der Waals surface area contributed by atoms with E-state index in [-0.39, 0.29) is 12.1 Å². The summed E-state index contributed by atoms with van der Waals surface area (Å²) in [6, 6.07) is 1.45. The second-order valence-electron chi connectivity index (χ2n) is 4.15. The maximum atomic E-state index is 13.6. The molecule has 0 amide bonds. The van der Waals surface area contributed by atoms with Crippen molar-refractivity contribution in [1.29, 1.82) is 0 Å². The molecule has 0 aromatic heterocycles. The summed E-state index contributed by atoms with van der Waals surface area (Å²) in [5, 5.41) is 0. The van der Waals surface area contributed by atoms with E-state index in [1.807, 2.05) is 0 Å². The lowest BCUT2D eigenvalue weighted by Crippen LogP contribution is -2.08. The van der Waals surface area contributed by atoms with Gasteiger partial charge in [-0.1, -0.05) is 0 Å². The van der Waals surface area contributed by atoms with Crippen molar-refractivity contribution in [3.05, 3.63) is 53.1 Å². The first-order valence-corrected chi connectivity index (χ1v) is 5.59. The fourth-order valence-electron chi connectivity index (χ4n) is 1.57. The Bertz CT molecular complexity index is 704. The monoisotopic (exact) mass is 325 g/mol. The molecule has 0 aliphatic carbocycles. The minimum absolute atomic E-state index is 0.0359. The van der Waals surface area contributed by atoms with E-state index in [9.17, 15) is 30.7 Å². The maximum absolute atomic E-state index is 13.6. The molecule has 22 heavy (non-hydrogen) atoms. The normalized spacial score (nSPS) is 11.6. The molecule has 0 atom stereocenters. The number of hydrogen-bond donors (Lipinski definition) is 1. The summed E-state index contributed by atoms with van der Waals surface area (Å²) in [7, 11) is 0. The van der Waals surface area contributed by atoms with Crippen molar-refractivity contribution in [1.82, 2.24) is 0 Å². The lowest BCUT2D eigenvalue weighted by molar-refractivity contribution is -0.138. The molecule has 9 heteroatoms. The molecule has 0 saturated heterocycles. The Hall–Kier alpha value is -2.45. The molecule has 118 valence electrons. The highest BCUT2D eigenvalue weighted by Crippen LogP contribution is 2.38. The van der Waals surface area contributed by atoms with Crippen molar-refractivity contribution in [3.63, 3.8) is 0 Å². The Balaban J connectivity index is 2.50. The van der Waals surface area contributed by atoms with Gasteiger partial charge < -0.3 is 10.5 Å². The molecule has 0 aliphatic heterocycles. The van der Waals surface area contributed by atoms with E-state index < -0.39 is 52.2 Å².